The lowest BCUT2D eigenvalue weighted by molar-refractivity contribution is -0.0626. The highest BCUT2D eigenvalue weighted by molar-refractivity contribution is 5.91. The number of hydrogen-bond donors (Lipinski definition) is 1. The molecule has 2 aromatic heterocycles. The highest BCUT2D eigenvalue weighted by atomic mass is 16.5. The average molecular weight is 333 g/mol. The Hall–Kier alpha value is -2.26. The van der Waals surface area contributed by atoms with Crippen molar-refractivity contribution in [3.63, 3.8) is 0 Å². The zero-order valence-corrected chi connectivity index (χ0v) is 14.2. The van der Waals surface area contributed by atoms with Crippen molar-refractivity contribution in [1.29, 1.82) is 0 Å². The standard InChI is InChI=1S/C15H23N7O2/c1-4-22-18-7-11(19-22)15(23)17-9-13-14(20(2)5-6-24-13)12-8-16-10-21(12)3/h7-8,10,13-14H,4-6,9H2,1-3H3,(H,17,23)/t13-,14-/m0/s1. The Morgan fingerprint density at radius 2 is 2.25 bits per heavy atom. The summed E-state index contributed by atoms with van der Waals surface area (Å²) in [4.78, 5) is 20.1. The minimum absolute atomic E-state index is 0.0397. The van der Waals surface area contributed by atoms with Gasteiger partial charge in [-0.25, -0.2) is 4.98 Å². The molecule has 3 rings (SSSR count). The second kappa shape index (κ2) is 7.10. The van der Waals surface area contributed by atoms with Gasteiger partial charge in [0, 0.05) is 26.3 Å². The summed E-state index contributed by atoms with van der Waals surface area (Å²) in [5.41, 5.74) is 1.38. The summed E-state index contributed by atoms with van der Waals surface area (Å²) in [6.45, 7) is 4.43. The molecule has 0 saturated carbocycles. The Morgan fingerprint density at radius 3 is 2.92 bits per heavy atom. The lowest BCUT2D eigenvalue weighted by Crippen LogP contribution is -2.48. The summed E-state index contributed by atoms with van der Waals surface area (Å²) in [6.07, 6.45) is 4.95. The Kier molecular flexibility index (Phi) is 4.91. The first-order chi connectivity index (χ1) is 11.6. The van der Waals surface area contributed by atoms with Crippen LogP contribution in [-0.2, 0) is 18.3 Å². The lowest BCUT2D eigenvalue weighted by atomic mass is 10.0. The third-order valence-corrected chi connectivity index (χ3v) is 4.28. The zero-order valence-electron chi connectivity index (χ0n) is 14.2. The summed E-state index contributed by atoms with van der Waals surface area (Å²) in [7, 11) is 4.02. The van der Waals surface area contributed by atoms with Crippen molar-refractivity contribution in [2.45, 2.75) is 25.6 Å². The van der Waals surface area contributed by atoms with Gasteiger partial charge in [0.15, 0.2) is 5.69 Å². The van der Waals surface area contributed by atoms with Crippen LogP contribution in [0.3, 0.4) is 0 Å². The highest BCUT2D eigenvalue weighted by Crippen LogP contribution is 2.27. The molecule has 2 atom stereocenters. The van der Waals surface area contributed by atoms with Crippen LogP contribution < -0.4 is 5.32 Å². The van der Waals surface area contributed by atoms with Crippen molar-refractivity contribution in [2.24, 2.45) is 7.05 Å². The molecule has 9 nitrogen and oxygen atoms in total. The summed E-state index contributed by atoms with van der Waals surface area (Å²) in [6, 6.07) is 0.0397. The molecule has 9 heteroatoms. The SMILES string of the molecule is CCn1ncc(C(=O)NC[C@@H]2OCCN(C)[C@H]2c2cncn2C)n1. The van der Waals surface area contributed by atoms with E-state index in [1.54, 1.807) is 6.33 Å². The van der Waals surface area contributed by atoms with Crippen LogP contribution in [0.2, 0.25) is 0 Å². The zero-order chi connectivity index (χ0) is 17.1. The van der Waals surface area contributed by atoms with E-state index < -0.39 is 0 Å². The number of ether oxygens (including phenoxy) is 1. The number of rotatable bonds is 5. The van der Waals surface area contributed by atoms with Crippen molar-refractivity contribution >= 4 is 5.91 Å². The van der Waals surface area contributed by atoms with E-state index in [-0.39, 0.29) is 18.1 Å². The average Bonchev–Trinajstić information content (AvgIpc) is 3.21. The van der Waals surface area contributed by atoms with E-state index in [0.717, 1.165) is 12.2 Å². The first-order valence-electron chi connectivity index (χ1n) is 8.06. The van der Waals surface area contributed by atoms with Crippen LogP contribution in [0.15, 0.2) is 18.7 Å². The normalized spacial score (nSPS) is 21.8. The molecule has 24 heavy (non-hydrogen) atoms. The van der Waals surface area contributed by atoms with Gasteiger partial charge < -0.3 is 14.6 Å². The van der Waals surface area contributed by atoms with Gasteiger partial charge in [-0.2, -0.15) is 9.90 Å². The molecule has 3 heterocycles. The van der Waals surface area contributed by atoms with Crippen LogP contribution in [0.5, 0.6) is 0 Å². The van der Waals surface area contributed by atoms with E-state index in [9.17, 15) is 4.79 Å². The predicted molar refractivity (Wildman–Crippen MR) is 86.3 cm³/mol. The molecule has 0 spiro atoms. The van der Waals surface area contributed by atoms with E-state index in [1.807, 2.05) is 24.7 Å². The van der Waals surface area contributed by atoms with E-state index in [2.05, 4.69) is 32.4 Å². The second-order valence-electron chi connectivity index (χ2n) is 5.89. The van der Waals surface area contributed by atoms with Crippen molar-refractivity contribution in [2.75, 3.05) is 26.7 Å². The molecular formula is C15H23N7O2. The largest absolute Gasteiger partial charge is 0.373 e. The first-order valence-corrected chi connectivity index (χ1v) is 8.06. The maximum Gasteiger partial charge on any atom is 0.273 e. The number of aryl methyl sites for hydroxylation is 2. The van der Waals surface area contributed by atoms with Crippen LogP contribution in [0.1, 0.15) is 29.1 Å². The summed E-state index contributed by atoms with van der Waals surface area (Å²) >= 11 is 0. The van der Waals surface area contributed by atoms with Gasteiger partial charge in [0.2, 0.25) is 0 Å². The first kappa shape index (κ1) is 16.6. The number of morpholine rings is 1. The highest BCUT2D eigenvalue weighted by Gasteiger charge is 2.33. The molecule has 1 fully saturated rings. The van der Waals surface area contributed by atoms with Crippen molar-refractivity contribution < 1.29 is 9.53 Å². The third-order valence-electron chi connectivity index (χ3n) is 4.28. The molecule has 2 aromatic rings. The van der Waals surface area contributed by atoms with E-state index in [0.29, 0.717) is 25.4 Å². The van der Waals surface area contributed by atoms with Gasteiger partial charge in [0.1, 0.15) is 0 Å². The minimum Gasteiger partial charge on any atom is -0.373 e. The van der Waals surface area contributed by atoms with Gasteiger partial charge in [-0.15, -0.1) is 5.10 Å². The van der Waals surface area contributed by atoms with E-state index in [4.69, 9.17) is 4.74 Å². The van der Waals surface area contributed by atoms with Gasteiger partial charge >= 0.3 is 0 Å². The van der Waals surface area contributed by atoms with Crippen LogP contribution in [-0.4, -0.2) is 68.2 Å². The fourth-order valence-electron chi connectivity index (χ4n) is 2.94. The minimum atomic E-state index is -0.240. The van der Waals surface area contributed by atoms with Gasteiger partial charge in [-0.1, -0.05) is 0 Å². The molecular weight excluding hydrogens is 310 g/mol. The molecule has 1 aliphatic heterocycles. The molecule has 1 N–H and O–H groups in total. The molecule has 1 saturated heterocycles. The van der Waals surface area contributed by atoms with Crippen molar-refractivity contribution in [1.82, 2.24) is 34.8 Å². The number of carbonyl (C=O) groups excluding carboxylic acids is 1. The quantitative estimate of drug-likeness (QED) is 0.817. The molecule has 1 amide bonds. The van der Waals surface area contributed by atoms with E-state index >= 15 is 0 Å². The van der Waals surface area contributed by atoms with Crippen LogP contribution in [0.25, 0.3) is 0 Å². The fourth-order valence-corrected chi connectivity index (χ4v) is 2.94. The molecule has 130 valence electrons. The van der Waals surface area contributed by atoms with Gasteiger partial charge in [-0.05, 0) is 14.0 Å². The fraction of sp³-hybridized carbons (Fsp3) is 0.600. The van der Waals surface area contributed by atoms with Crippen LogP contribution in [0, 0.1) is 0 Å². The van der Waals surface area contributed by atoms with Gasteiger partial charge in [0.05, 0.1) is 43.5 Å². The molecule has 0 aromatic carbocycles. The van der Waals surface area contributed by atoms with Crippen LogP contribution >= 0.6 is 0 Å². The van der Waals surface area contributed by atoms with Gasteiger partial charge in [-0.3, -0.25) is 9.69 Å². The number of imidazole rings is 1. The number of hydrogen-bond acceptors (Lipinski definition) is 6. The Labute approximate surface area is 140 Å². The molecule has 0 radical (unpaired) electrons. The summed E-state index contributed by atoms with van der Waals surface area (Å²) in [5.74, 6) is -0.240. The van der Waals surface area contributed by atoms with E-state index in [1.165, 1.54) is 11.0 Å². The molecule has 0 unspecified atom stereocenters. The topological polar surface area (TPSA) is 90.1 Å². The number of carbonyl (C=O) groups is 1. The maximum atomic E-state index is 12.2. The number of nitrogens with zero attached hydrogens (tertiary/aromatic N) is 6. The predicted octanol–water partition coefficient (Wildman–Crippen LogP) is -0.167. The Morgan fingerprint density at radius 1 is 1.42 bits per heavy atom. The van der Waals surface area contributed by atoms with Gasteiger partial charge in [0.25, 0.3) is 5.91 Å². The lowest BCUT2D eigenvalue weighted by Gasteiger charge is -2.39. The number of likely N-dealkylation sites (N-methyl/N-ethyl adjacent to an activating group) is 1. The van der Waals surface area contributed by atoms with Crippen molar-refractivity contribution in [3.05, 3.63) is 30.1 Å². The van der Waals surface area contributed by atoms with Crippen molar-refractivity contribution in [3.8, 4) is 0 Å². The summed E-state index contributed by atoms with van der Waals surface area (Å²) in [5, 5.41) is 11.0. The number of amides is 1. The second-order valence-corrected chi connectivity index (χ2v) is 5.89. The Balaban J connectivity index is 1.68. The number of aromatic nitrogens is 5. The van der Waals surface area contributed by atoms with Crippen LogP contribution in [0.4, 0.5) is 0 Å². The monoisotopic (exact) mass is 333 g/mol. The molecule has 0 bridgehead atoms. The maximum absolute atomic E-state index is 12.2. The Bertz CT molecular complexity index is 696. The number of nitrogens with one attached hydrogen (secondary N) is 1. The molecule has 1 aliphatic rings. The summed E-state index contributed by atoms with van der Waals surface area (Å²) < 4.78 is 7.90. The smallest absolute Gasteiger partial charge is 0.273 e. The molecule has 0 aliphatic carbocycles. The third kappa shape index (κ3) is 3.31.